The molecule has 1 atom stereocenters. The standard InChI is InChI=1S/C14H23N3/c1-2-12(15)11-16-13-5-7-14(8-6-13)17-9-3-4-10-17/h5-8,12,16H,2-4,9-11,15H2,1H3. The van der Waals surface area contributed by atoms with E-state index in [4.69, 9.17) is 5.73 Å². The first kappa shape index (κ1) is 12.2. The van der Waals surface area contributed by atoms with Gasteiger partial charge in [-0.25, -0.2) is 0 Å². The fraction of sp³-hybridized carbons (Fsp3) is 0.571. The van der Waals surface area contributed by atoms with Crippen LogP contribution in [-0.2, 0) is 0 Å². The molecule has 3 heteroatoms. The van der Waals surface area contributed by atoms with Crippen molar-refractivity contribution in [3.8, 4) is 0 Å². The van der Waals surface area contributed by atoms with Crippen LogP contribution in [0.15, 0.2) is 24.3 Å². The average Bonchev–Trinajstić information content (AvgIpc) is 2.90. The van der Waals surface area contributed by atoms with E-state index in [0.29, 0.717) is 0 Å². The number of nitrogens with zero attached hydrogens (tertiary/aromatic N) is 1. The third-order valence-electron chi connectivity index (χ3n) is 3.43. The van der Waals surface area contributed by atoms with Crippen molar-refractivity contribution in [2.75, 3.05) is 29.9 Å². The van der Waals surface area contributed by atoms with Crippen molar-refractivity contribution in [2.45, 2.75) is 32.2 Å². The lowest BCUT2D eigenvalue weighted by molar-refractivity contribution is 0.679. The summed E-state index contributed by atoms with van der Waals surface area (Å²) < 4.78 is 0. The van der Waals surface area contributed by atoms with Gasteiger partial charge in [-0.3, -0.25) is 0 Å². The molecule has 94 valence electrons. The largest absolute Gasteiger partial charge is 0.383 e. The van der Waals surface area contributed by atoms with Crippen molar-refractivity contribution in [1.29, 1.82) is 0 Å². The fourth-order valence-corrected chi connectivity index (χ4v) is 2.16. The van der Waals surface area contributed by atoms with Gasteiger partial charge in [-0.1, -0.05) is 6.92 Å². The number of hydrogen-bond acceptors (Lipinski definition) is 3. The number of anilines is 2. The van der Waals surface area contributed by atoms with Crippen LogP contribution < -0.4 is 16.0 Å². The molecule has 0 spiro atoms. The summed E-state index contributed by atoms with van der Waals surface area (Å²) in [5, 5.41) is 3.37. The molecular weight excluding hydrogens is 210 g/mol. The molecule has 1 fully saturated rings. The Kier molecular flexibility index (Phi) is 4.26. The Bertz CT molecular complexity index is 328. The summed E-state index contributed by atoms with van der Waals surface area (Å²) in [5.74, 6) is 0. The van der Waals surface area contributed by atoms with Crippen molar-refractivity contribution in [3.63, 3.8) is 0 Å². The Morgan fingerprint density at radius 3 is 2.47 bits per heavy atom. The van der Waals surface area contributed by atoms with Crippen molar-refractivity contribution >= 4 is 11.4 Å². The van der Waals surface area contributed by atoms with Crippen molar-refractivity contribution < 1.29 is 0 Å². The molecule has 1 heterocycles. The van der Waals surface area contributed by atoms with Gasteiger partial charge in [0.25, 0.3) is 0 Å². The van der Waals surface area contributed by atoms with Gasteiger partial charge in [-0.15, -0.1) is 0 Å². The van der Waals surface area contributed by atoms with Crippen LogP contribution in [0, 0.1) is 0 Å². The highest BCUT2D eigenvalue weighted by Gasteiger charge is 2.11. The monoisotopic (exact) mass is 233 g/mol. The zero-order chi connectivity index (χ0) is 12.1. The highest BCUT2D eigenvalue weighted by molar-refractivity contribution is 5.55. The molecule has 3 N–H and O–H groups in total. The number of hydrogen-bond donors (Lipinski definition) is 2. The minimum absolute atomic E-state index is 0.244. The normalized spacial score (nSPS) is 17.2. The summed E-state index contributed by atoms with van der Waals surface area (Å²) in [6, 6.07) is 8.94. The smallest absolute Gasteiger partial charge is 0.0367 e. The van der Waals surface area contributed by atoms with Crippen LogP contribution in [0.5, 0.6) is 0 Å². The third-order valence-corrected chi connectivity index (χ3v) is 3.43. The van der Waals surface area contributed by atoms with Gasteiger partial charge in [0.05, 0.1) is 0 Å². The van der Waals surface area contributed by atoms with E-state index in [1.807, 2.05) is 0 Å². The molecule has 0 bridgehead atoms. The van der Waals surface area contributed by atoms with Crippen molar-refractivity contribution in [3.05, 3.63) is 24.3 Å². The molecule has 3 nitrogen and oxygen atoms in total. The second-order valence-electron chi connectivity index (χ2n) is 4.79. The van der Waals surface area contributed by atoms with E-state index < -0.39 is 0 Å². The first-order valence-electron chi connectivity index (χ1n) is 6.64. The summed E-state index contributed by atoms with van der Waals surface area (Å²) in [4.78, 5) is 2.45. The maximum Gasteiger partial charge on any atom is 0.0367 e. The van der Waals surface area contributed by atoms with Crippen LogP contribution in [0.4, 0.5) is 11.4 Å². The molecular formula is C14H23N3. The molecule has 1 aliphatic rings. The zero-order valence-corrected chi connectivity index (χ0v) is 10.7. The number of benzene rings is 1. The molecule has 0 aromatic heterocycles. The van der Waals surface area contributed by atoms with Gasteiger partial charge in [0.2, 0.25) is 0 Å². The van der Waals surface area contributed by atoms with E-state index in [-0.39, 0.29) is 6.04 Å². The van der Waals surface area contributed by atoms with Gasteiger partial charge in [0, 0.05) is 37.1 Å². The van der Waals surface area contributed by atoms with Gasteiger partial charge in [0.1, 0.15) is 0 Å². The second-order valence-corrected chi connectivity index (χ2v) is 4.79. The molecule has 1 aromatic carbocycles. The summed E-state index contributed by atoms with van der Waals surface area (Å²) in [6.45, 7) is 5.36. The molecule has 2 rings (SSSR count). The Labute approximate surface area is 104 Å². The van der Waals surface area contributed by atoms with E-state index >= 15 is 0 Å². The SMILES string of the molecule is CCC(N)CNc1ccc(N2CCCC2)cc1. The quantitative estimate of drug-likeness (QED) is 0.820. The molecule has 1 unspecified atom stereocenters. The third kappa shape index (κ3) is 3.37. The molecule has 0 saturated carbocycles. The van der Waals surface area contributed by atoms with Crippen molar-refractivity contribution in [2.24, 2.45) is 5.73 Å². The summed E-state index contributed by atoms with van der Waals surface area (Å²) in [6.07, 6.45) is 3.66. The lowest BCUT2D eigenvalue weighted by Crippen LogP contribution is -2.28. The summed E-state index contributed by atoms with van der Waals surface area (Å²) in [5.41, 5.74) is 8.38. The Hall–Kier alpha value is -1.22. The Morgan fingerprint density at radius 2 is 1.88 bits per heavy atom. The Morgan fingerprint density at radius 1 is 1.24 bits per heavy atom. The maximum atomic E-state index is 5.88. The zero-order valence-electron chi connectivity index (χ0n) is 10.7. The number of rotatable bonds is 5. The lowest BCUT2D eigenvalue weighted by atomic mass is 10.2. The summed E-state index contributed by atoms with van der Waals surface area (Å²) in [7, 11) is 0. The first-order chi connectivity index (χ1) is 8.29. The molecule has 17 heavy (non-hydrogen) atoms. The topological polar surface area (TPSA) is 41.3 Å². The first-order valence-corrected chi connectivity index (χ1v) is 6.64. The fourth-order valence-electron chi connectivity index (χ4n) is 2.16. The molecule has 1 aliphatic heterocycles. The van der Waals surface area contributed by atoms with E-state index in [1.165, 1.54) is 31.6 Å². The van der Waals surface area contributed by atoms with E-state index in [2.05, 4.69) is 41.4 Å². The van der Waals surface area contributed by atoms with E-state index in [0.717, 1.165) is 18.7 Å². The van der Waals surface area contributed by atoms with Crippen LogP contribution in [0.2, 0.25) is 0 Å². The maximum absolute atomic E-state index is 5.88. The minimum Gasteiger partial charge on any atom is -0.383 e. The van der Waals surface area contributed by atoms with Gasteiger partial charge in [-0.05, 0) is 43.5 Å². The van der Waals surface area contributed by atoms with Crippen LogP contribution in [-0.4, -0.2) is 25.7 Å². The van der Waals surface area contributed by atoms with E-state index in [9.17, 15) is 0 Å². The number of nitrogens with two attached hydrogens (primary N) is 1. The summed E-state index contributed by atoms with van der Waals surface area (Å²) >= 11 is 0. The van der Waals surface area contributed by atoms with Crippen LogP contribution in [0.3, 0.4) is 0 Å². The van der Waals surface area contributed by atoms with Crippen LogP contribution in [0.25, 0.3) is 0 Å². The lowest BCUT2D eigenvalue weighted by Gasteiger charge is -2.18. The average molecular weight is 233 g/mol. The predicted molar refractivity (Wildman–Crippen MR) is 74.6 cm³/mol. The van der Waals surface area contributed by atoms with Gasteiger partial charge >= 0.3 is 0 Å². The van der Waals surface area contributed by atoms with Gasteiger partial charge in [0.15, 0.2) is 0 Å². The highest BCUT2D eigenvalue weighted by Crippen LogP contribution is 2.21. The predicted octanol–water partition coefficient (Wildman–Crippen LogP) is 2.44. The minimum atomic E-state index is 0.244. The molecule has 0 amide bonds. The van der Waals surface area contributed by atoms with Crippen LogP contribution in [0.1, 0.15) is 26.2 Å². The molecule has 1 aromatic rings. The van der Waals surface area contributed by atoms with Crippen molar-refractivity contribution in [1.82, 2.24) is 0 Å². The van der Waals surface area contributed by atoms with E-state index in [1.54, 1.807) is 0 Å². The van der Waals surface area contributed by atoms with Gasteiger partial charge < -0.3 is 16.0 Å². The molecule has 1 saturated heterocycles. The van der Waals surface area contributed by atoms with Crippen LogP contribution >= 0.6 is 0 Å². The highest BCUT2D eigenvalue weighted by atomic mass is 15.1. The molecule has 0 aliphatic carbocycles. The second kappa shape index (κ2) is 5.92. The number of nitrogens with one attached hydrogen (secondary N) is 1. The molecule has 0 radical (unpaired) electrons. The van der Waals surface area contributed by atoms with Gasteiger partial charge in [-0.2, -0.15) is 0 Å². The Balaban J connectivity index is 1.88.